The monoisotopic (exact) mass is 510 g/mol. The van der Waals surface area contributed by atoms with Crippen LogP contribution in [0.25, 0.3) is 0 Å². The summed E-state index contributed by atoms with van der Waals surface area (Å²) in [6, 6.07) is 17.4. The molecule has 2 atom stereocenters. The molecular weight excluding hydrogens is 481 g/mol. The maximum atomic E-state index is 12.4. The molecule has 0 aliphatic heterocycles. The third-order valence-corrected chi connectivity index (χ3v) is 8.18. The first kappa shape index (κ1) is 22.9. The minimum atomic E-state index is -3.43. The molecule has 0 aliphatic carbocycles. The van der Waals surface area contributed by atoms with Gasteiger partial charge < -0.3 is 0 Å². The van der Waals surface area contributed by atoms with Gasteiger partial charge in [-0.05, 0) is 55.9 Å². The van der Waals surface area contributed by atoms with E-state index in [0.29, 0.717) is 23.3 Å². The van der Waals surface area contributed by atoms with E-state index >= 15 is 0 Å². The van der Waals surface area contributed by atoms with Crippen LogP contribution in [0.15, 0.2) is 59.5 Å². The van der Waals surface area contributed by atoms with Crippen LogP contribution in [0.5, 0.6) is 0 Å². The maximum absolute atomic E-state index is 12.4. The van der Waals surface area contributed by atoms with E-state index < -0.39 is 10.0 Å². The fourth-order valence-electron chi connectivity index (χ4n) is 2.74. The highest BCUT2D eigenvalue weighted by molar-refractivity contribution is 7.89. The molecule has 0 bridgehead atoms. The molecule has 0 saturated heterocycles. The van der Waals surface area contributed by atoms with Crippen molar-refractivity contribution >= 4 is 10.0 Å². The molecule has 150 valence electrons. The minimum absolute atomic E-state index is 0.283. The van der Waals surface area contributed by atoms with Gasteiger partial charge in [-0.3, -0.25) is 0 Å². The number of sulfonamides is 1. The van der Waals surface area contributed by atoms with Crippen molar-refractivity contribution in [2.45, 2.75) is 44.9 Å². The Hall–Kier alpha value is -1.36. The van der Waals surface area contributed by atoms with E-state index in [0.717, 1.165) is 24.8 Å². The third-order valence-electron chi connectivity index (χ3n) is 4.78. The van der Waals surface area contributed by atoms with Crippen LogP contribution in [0.4, 0.5) is 0 Å². The molecule has 2 aromatic rings. The van der Waals surface area contributed by atoms with Gasteiger partial charge in [0.2, 0.25) is 13.6 Å². The fraction of sp³-hybridized carbons (Fsp3) is 0.391. The molecule has 28 heavy (non-hydrogen) atoms. The summed E-state index contributed by atoms with van der Waals surface area (Å²) in [6.45, 7) is 6.81. The first-order valence-electron chi connectivity index (χ1n) is 9.68. The zero-order chi connectivity index (χ0) is 20.4. The first-order chi connectivity index (χ1) is 13.4. The Morgan fingerprint density at radius 2 is 1.75 bits per heavy atom. The summed E-state index contributed by atoms with van der Waals surface area (Å²) in [4.78, 5) is 0.323. The van der Waals surface area contributed by atoms with Gasteiger partial charge in [0.1, 0.15) is 0 Å². The van der Waals surface area contributed by atoms with Crippen LogP contribution in [0.1, 0.15) is 38.7 Å². The van der Waals surface area contributed by atoms with Crippen LogP contribution >= 0.6 is 0 Å². The number of benzene rings is 2. The standard InChI is InChI=1S/C23H29INO2S/c1-4-20(3)21(16-17-24-22-10-6-5-7-11-22)9-8-18-25-28(26,27)23-14-12-19(2)13-15-23/h5-7,10-15,20-21,25H,4,8-9,18H2,1-3H3/q+1. The largest absolute Gasteiger partial charge is 0.419 e. The molecular formula is C23H29INO2S+. The van der Waals surface area contributed by atoms with Crippen LogP contribution in [0.3, 0.4) is 0 Å². The van der Waals surface area contributed by atoms with Crippen LogP contribution in [0, 0.1) is 32.2 Å². The molecule has 0 aromatic heterocycles. The van der Waals surface area contributed by atoms with Gasteiger partial charge in [0.05, 0.1) is 4.90 Å². The normalized spacial score (nSPS) is 13.4. The summed E-state index contributed by atoms with van der Waals surface area (Å²) in [5.74, 6) is 4.31. The highest BCUT2D eigenvalue weighted by Crippen LogP contribution is 2.19. The van der Waals surface area contributed by atoms with Gasteiger partial charge in [0, 0.05) is 12.5 Å². The van der Waals surface area contributed by atoms with E-state index in [-0.39, 0.29) is 21.2 Å². The Bertz CT molecular complexity index is 884. The number of hydrogen-bond acceptors (Lipinski definition) is 2. The Morgan fingerprint density at radius 3 is 2.39 bits per heavy atom. The Morgan fingerprint density at radius 1 is 1.07 bits per heavy atom. The average molecular weight is 510 g/mol. The number of hydrogen-bond donors (Lipinski definition) is 1. The van der Waals surface area contributed by atoms with Gasteiger partial charge >= 0.3 is 21.2 Å². The molecule has 0 saturated carbocycles. The maximum Gasteiger partial charge on any atom is 0.419 e. The van der Waals surface area contributed by atoms with Crippen molar-refractivity contribution < 1.29 is 29.6 Å². The molecule has 0 aliphatic rings. The zero-order valence-electron chi connectivity index (χ0n) is 16.8. The zero-order valence-corrected chi connectivity index (χ0v) is 19.8. The molecule has 0 amide bonds. The summed E-state index contributed by atoms with van der Waals surface area (Å²) < 4.78 is 32.2. The van der Waals surface area contributed by atoms with E-state index in [1.54, 1.807) is 12.1 Å². The topological polar surface area (TPSA) is 46.2 Å². The number of rotatable bonds is 9. The predicted molar refractivity (Wildman–Crippen MR) is 111 cm³/mol. The molecule has 5 heteroatoms. The summed E-state index contributed by atoms with van der Waals surface area (Å²) in [7, 11) is -3.43. The van der Waals surface area contributed by atoms with E-state index in [4.69, 9.17) is 0 Å². The molecule has 2 aromatic carbocycles. The lowest BCUT2D eigenvalue weighted by Gasteiger charge is -2.16. The predicted octanol–water partition coefficient (Wildman–Crippen LogP) is 1.64. The highest BCUT2D eigenvalue weighted by atomic mass is 127. The van der Waals surface area contributed by atoms with E-state index in [1.165, 1.54) is 3.57 Å². The van der Waals surface area contributed by atoms with Crippen LogP contribution in [-0.2, 0) is 10.0 Å². The molecule has 2 unspecified atom stereocenters. The van der Waals surface area contributed by atoms with Crippen molar-refractivity contribution in [3.8, 4) is 9.85 Å². The van der Waals surface area contributed by atoms with Crippen molar-refractivity contribution in [1.29, 1.82) is 0 Å². The van der Waals surface area contributed by atoms with Crippen molar-refractivity contribution in [3.63, 3.8) is 0 Å². The number of aryl methyl sites for hydroxylation is 1. The highest BCUT2D eigenvalue weighted by Gasteiger charge is 2.17. The summed E-state index contributed by atoms with van der Waals surface area (Å²) in [6.07, 6.45) is 2.79. The van der Waals surface area contributed by atoms with Crippen LogP contribution in [0.2, 0.25) is 0 Å². The lowest BCUT2D eigenvalue weighted by Crippen LogP contribution is -3.59. The molecule has 0 fully saturated rings. The first-order valence-corrected chi connectivity index (χ1v) is 13.3. The van der Waals surface area contributed by atoms with Gasteiger partial charge in [-0.15, -0.1) is 0 Å². The van der Waals surface area contributed by atoms with Crippen molar-refractivity contribution in [2.75, 3.05) is 6.54 Å². The summed E-state index contributed by atoms with van der Waals surface area (Å²) in [5.41, 5.74) is 1.05. The Labute approximate surface area is 180 Å². The van der Waals surface area contributed by atoms with E-state index in [2.05, 4.69) is 52.7 Å². The van der Waals surface area contributed by atoms with Gasteiger partial charge in [-0.2, -0.15) is 0 Å². The van der Waals surface area contributed by atoms with Gasteiger partial charge in [0.25, 0.3) is 0 Å². The SMILES string of the molecule is CCC(C)C(C#C[I+]c1ccccc1)CCCNS(=O)(=O)c1ccc(C)cc1. The molecule has 0 spiro atoms. The lowest BCUT2D eigenvalue weighted by molar-refractivity contribution is -0.535. The second-order valence-corrected chi connectivity index (χ2v) is 11.1. The number of halogens is 1. The van der Waals surface area contributed by atoms with E-state index in [1.807, 2.05) is 25.1 Å². The Balaban J connectivity index is 1.87. The van der Waals surface area contributed by atoms with Crippen molar-refractivity contribution in [3.05, 3.63) is 63.7 Å². The second-order valence-electron chi connectivity index (χ2n) is 6.97. The number of nitrogens with one attached hydrogen (secondary N) is 1. The van der Waals surface area contributed by atoms with Crippen LogP contribution < -0.4 is 25.9 Å². The summed E-state index contributed by atoms with van der Waals surface area (Å²) >= 11 is -0.283. The van der Waals surface area contributed by atoms with E-state index in [9.17, 15) is 8.42 Å². The van der Waals surface area contributed by atoms with Gasteiger partial charge in [0.15, 0.2) is 3.93 Å². The van der Waals surface area contributed by atoms with Crippen molar-refractivity contribution in [1.82, 2.24) is 4.72 Å². The molecule has 2 rings (SSSR count). The quantitative estimate of drug-likeness (QED) is 0.317. The van der Waals surface area contributed by atoms with Gasteiger partial charge in [-0.25, -0.2) is 13.1 Å². The minimum Gasteiger partial charge on any atom is -0.211 e. The Kier molecular flexibility index (Phi) is 9.49. The molecule has 3 nitrogen and oxygen atoms in total. The summed E-state index contributed by atoms with van der Waals surface area (Å²) in [5, 5.41) is 0. The second kappa shape index (κ2) is 11.6. The lowest BCUT2D eigenvalue weighted by atomic mass is 9.89. The van der Waals surface area contributed by atoms with Crippen molar-refractivity contribution in [2.24, 2.45) is 11.8 Å². The van der Waals surface area contributed by atoms with Crippen LogP contribution in [-0.4, -0.2) is 15.0 Å². The fourth-order valence-corrected chi connectivity index (χ4v) is 5.46. The third kappa shape index (κ3) is 7.57. The molecule has 0 radical (unpaired) electrons. The van der Waals surface area contributed by atoms with Gasteiger partial charge in [-0.1, -0.05) is 56.2 Å². The molecule has 0 heterocycles. The molecule has 1 N–H and O–H groups in total. The smallest absolute Gasteiger partial charge is 0.211 e. The average Bonchev–Trinajstić information content (AvgIpc) is 2.70.